The number of nitrogens with zero attached hydrogens (tertiary/aromatic N) is 1. The zero-order valence-electron chi connectivity index (χ0n) is 14.6. The van der Waals surface area contributed by atoms with Crippen LogP contribution in [0.2, 0.25) is 5.02 Å². The van der Waals surface area contributed by atoms with E-state index >= 15 is 0 Å². The van der Waals surface area contributed by atoms with E-state index in [-0.39, 0.29) is 16.5 Å². The third-order valence-corrected chi connectivity index (χ3v) is 4.47. The number of carbonyl (C=O) groups is 3. The van der Waals surface area contributed by atoms with E-state index in [9.17, 15) is 18.8 Å². The van der Waals surface area contributed by atoms with E-state index in [1.165, 1.54) is 17.0 Å². The molecule has 8 heteroatoms. The third-order valence-electron chi connectivity index (χ3n) is 4.24. The van der Waals surface area contributed by atoms with E-state index in [4.69, 9.17) is 16.3 Å². The van der Waals surface area contributed by atoms with Gasteiger partial charge in [0.1, 0.15) is 11.4 Å². The fraction of sp³-hybridized carbons (Fsp3) is 0.211. The van der Waals surface area contributed by atoms with Crippen LogP contribution < -0.4 is 10.2 Å². The average molecular weight is 391 g/mol. The highest BCUT2D eigenvalue weighted by Gasteiger charge is 2.43. The quantitative estimate of drug-likeness (QED) is 0.815. The van der Waals surface area contributed by atoms with Gasteiger partial charge < -0.3 is 10.1 Å². The molecule has 27 heavy (non-hydrogen) atoms. The number of ether oxygens (including phenoxy) is 1. The molecule has 1 aliphatic rings. The van der Waals surface area contributed by atoms with E-state index in [1.54, 1.807) is 38.1 Å². The number of hydrogen-bond acceptors (Lipinski definition) is 4. The summed E-state index contributed by atoms with van der Waals surface area (Å²) in [5.41, 5.74) is -0.557. The Hall–Kier alpha value is -2.93. The highest BCUT2D eigenvalue weighted by molar-refractivity contribution is 6.30. The molecule has 0 aliphatic carbocycles. The van der Waals surface area contributed by atoms with Crippen molar-refractivity contribution in [2.75, 3.05) is 16.8 Å². The van der Waals surface area contributed by atoms with E-state index in [2.05, 4.69) is 5.32 Å². The molecule has 2 amide bonds. The number of amides is 2. The van der Waals surface area contributed by atoms with Crippen molar-refractivity contribution in [3.05, 3.63) is 58.9 Å². The minimum absolute atomic E-state index is 0.137. The summed E-state index contributed by atoms with van der Waals surface area (Å²) in [6.07, 6.45) is 0. The second-order valence-corrected chi connectivity index (χ2v) is 6.90. The number of hydrogen-bond donors (Lipinski definition) is 1. The summed E-state index contributed by atoms with van der Waals surface area (Å²) in [7, 11) is 0. The van der Waals surface area contributed by atoms with Crippen LogP contribution in [0.25, 0.3) is 0 Å². The molecule has 1 heterocycles. The Labute approximate surface area is 159 Å². The van der Waals surface area contributed by atoms with Gasteiger partial charge in [0, 0.05) is 5.02 Å². The molecule has 2 aromatic carbocycles. The lowest BCUT2D eigenvalue weighted by Crippen LogP contribution is -2.59. The predicted octanol–water partition coefficient (Wildman–Crippen LogP) is 3.40. The van der Waals surface area contributed by atoms with Crippen molar-refractivity contribution in [1.29, 1.82) is 0 Å². The lowest BCUT2D eigenvalue weighted by Gasteiger charge is -2.41. The summed E-state index contributed by atoms with van der Waals surface area (Å²) in [4.78, 5) is 38.5. The first-order valence-electron chi connectivity index (χ1n) is 8.07. The van der Waals surface area contributed by atoms with Crippen molar-refractivity contribution in [3.63, 3.8) is 0 Å². The Morgan fingerprint density at radius 1 is 1.22 bits per heavy atom. The summed E-state index contributed by atoms with van der Waals surface area (Å²) in [6.45, 7) is 2.51. The number of carbonyl (C=O) groups excluding carboxylic acids is 3. The Bertz CT molecular complexity index is 945. The Morgan fingerprint density at radius 3 is 2.63 bits per heavy atom. The van der Waals surface area contributed by atoms with Crippen LogP contribution in [0.3, 0.4) is 0 Å². The van der Waals surface area contributed by atoms with Crippen molar-refractivity contribution in [2.45, 2.75) is 19.4 Å². The molecule has 0 aromatic heterocycles. The van der Waals surface area contributed by atoms with Gasteiger partial charge in [-0.3, -0.25) is 14.5 Å². The van der Waals surface area contributed by atoms with Crippen LogP contribution in [0.4, 0.5) is 15.8 Å². The number of rotatable bonds is 3. The van der Waals surface area contributed by atoms with Crippen molar-refractivity contribution in [2.24, 2.45) is 0 Å². The van der Waals surface area contributed by atoms with Gasteiger partial charge in [-0.1, -0.05) is 23.7 Å². The fourth-order valence-corrected chi connectivity index (χ4v) is 2.98. The minimum Gasteiger partial charge on any atom is -0.452 e. The zero-order chi connectivity index (χ0) is 19.8. The number of fused-ring (bicyclic) bond motifs is 1. The van der Waals surface area contributed by atoms with Gasteiger partial charge in [-0.2, -0.15) is 0 Å². The molecule has 3 rings (SSSR count). The molecule has 1 aliphatic heterocycles. The van der Waals surface area contributed by atoms with Gasteiger partial charge in [0.2, 0.25) is 5.91 Å². The molecule has 0 saturated heterocycles. The van der Waals surface area contributed by atoms with E-state index in [1.807, 2.05) is 0 Å². The summed E-state index contributed by atoms with van der Waals surface area (Å²) in [5, 5.41) is 2.87. The molecule has 0 fully saturated rings. The second kappa shape index (κ2) is 7.00. The van der Waals surface area contributed by atoms with Gasteiger partial charge >= 0.3 is 5.97 Å². The smallest absolute Gasteiger partial charge is 0.341 e. The van der Waals surface area contributed by atoms with Gasteiger partial charge in [0.25, 0.3) is 5.91 Å². The number of esters is 1. The van der Waals surface area contributed by atoms with Gasteiger partial charge in [0.05, 0.1) is 16.9 Å². The molecule has 0 spiro atoms. The molecule has 2 aromatic rings. The highest BCUT2D eigenvalue weighted by Crippen LogP contribution is 2.36. The van der Waals surface area contributed by atoms with Gasteiger partial charge in [0.15, 0.2) is 6.61 Å². The molecule has 0 saturated carbocycles. The lowest BCUT2D eigenvalue weighted by atomic mass is 9.96. The molecule has 0 radical (unpaired) electrons. The number of para-hydroxylation sites is 2. The maximum atomic E-state index is 13.8. The van der Waals surface area contributed by atoms with E-state index in [0.29, 0.717) is 11.4 Å². The molecule has 1 N–H and O–H groups in total. The van der Waals surface area contributed by atoms with Crippen LogP contribution in [0.5, 0.6) is 0 Å². The van der Waals surface area contributed by atoms with Crippen LogP contribution in [0.15, 0.2) is 42.5 Å². The zero-order valence-corrected chi connectivity index (χ0v) is 15.3. The molecule has 0 bridgehead atoms. The first-order chi connectivity index (χ1) is 12.7. The van der Waals surface area contributed by atoms with Crippen LogP contribution in [-0.4, -0.2) is 29.9 Å². The minimum atomic E-state index is -1.19. The number of benzene rings is 2. The summed E-state index contributed by atoms with van der Waals surface area (Å²) in [6, 6.07) is 10.3. The number of anilines is 2. The van der Waals surface area contributed by atoms with Crippen LogP contribution >= 0.6 is 11.6 Å². The van der Waals surface area contributed by atoms with Crippen molar-refractivity contribution in [1.82, 2.24) is 0 Å². The Kier molecular flexibility index (Phi) is 4.89. The molecule has 140 valence electrons. The normalized spacial score (nSPS) is 15.0. The predicted molar refractivity (Wildman–Crippen MR) is 98.3 cm³/mol. The van der Waals surface area contributed by atoms with Gasteiger partial charge in [-0.15, -0.1) is 0 Å². The van der Waals surface area contributed by atoms with Gasteiger partial charge in [-0.05, 0) is 44.2 Å². The first kappa shape index (κ1) is 18.8. The largest absolute Gasteiger partial charge is 0.452 e. The topological polar surface area (TPSA) is 75.7 Å². The lowest BCUT2D eigenvalue weighted by molar-refractivity contribution is -0.128. The average Bonchev–Trinajstić information content (AvgIpc) is 2.60. The second-order valence-electron chi connectivity index (χ2n) is 6.46. The van der Waals surface area contributed by atoms with Crippen molar-refractivity contribution < 1.29 is 23.5 Å². The maximum absolute atomic E-state index is 13.8. The summed E-state index contributed by atoms with van der Waals surface area (Å²) >= 11 is 5.65. The SMILES string of the molecule is CC1(C)C(=O)Nc2ccccc2N1C(=O)COC(=O)c1ccc(Cl)cc1F. The van der Waals surface area contributed by atoms with Gasteiger partial charge in [-0.25, -0.2) is 9.18 Å². The molecular formula is C19H16ClFN2O4. The standard InChI is InChI=1S/C19H16ClFN2O4/c1-19(2)18(26)22-14-5-3-4-6-15(14)23(19)16(24)10-27-17(25)12-8-7-11(20)9-13(12)21/h3-9H,10H2,1-2H3,(H,22,26). The van der Waals surface area contributed by atoms with E-state index in [0.717, 1.165) is 6.07 Å². The first-order valence-corrected chi connectivity index (χ1v) is 8.45. The number of halogens is 2. The highest BCUT2D eigenvalue weighted by atomic mass is 35.5. The Morgan fingerprint density at radius 2 is 1.93 bits per heavy atom. The maximum Gasteiger partial charge on any atom is 0.341 e. The Balaban J connectivity index is 1.81. The van der Waals surface area contributed by atoms with E-state index < -0.39 is 29.8 Å². The number of nitrogens with one attached hydrogen (secondary N) is 1. The van der Waals surface area contributed by atoms with Crippen LogP contribution in [-0.2, 0) is 14.3 Å². The molecule has 0 atom stereocenters. The monoisotopic (exact) mass is 390 g/mol. The summed E-state index contributed by atoms with van der Waals surface area (Å²) in [5.74, 6) is -2.82. The molecule has 0 unspecified atom stereocenters. The van der Waals surface area contributed by atoms with Crippen molar-refractivity contribution in [3.8, 4) is 0 Å². The third kappa shape index (κ3) is 3.50. The van der Waals surface area contributed by atoms with Crippen LogP contribution in [0.1, 0.15) is 24.2 Å². The van der Waals surface area contributed by atoms with Crippen LogP contribution in [0, 0.1) is 5.82 Å². The molecule has 6 nitrogen and oxygen atoms in total. The summed E-state index contributed by atoms with van der Waals surface area (Å²) < 4.78 is 18.8. The van der Waals surface area contributed by atoms with Crippen molar-refractivity contribution >= 4 is 40.8 Å². The fourth-order valence-electron chi connectivity index (χ4n) is 2.82. The molecular weight excluding hydrogens is 375 g/mol.